The van der Waals surface area contributed by atoms with E-state index >= 15 is 0 Å². The predicted molar refractivity (Wildman–Crippen MR) is 104 cm³/mol. The Hall–Kier alpha value is -0.723. The average molecular weight is 408 g/mol. The molecule has 1 saturated carbocycles. The summed E-state index contributed by atoms with van der Waals surface area (Å²) in [7, 11) is -1.95. The van der Waals surface area contributed by atoms with Crippen LogP contribution in [0.3, 0.4) is 0 Å². The fraction of sp³-hybridized carbons (Fsp3) is 0.684. The third kappa shape index (κ3) is 5.39. The Labute approximate surface area is 160 Å². The molecule has 1 aromatic carbocycles. The number of halogens is 4. The zero-order valence-corrected chi connectivity index (χ0v) is 17.9. The van der Waals surface area contributed by atoms with E-state index in [4.69, 9.17) is 16.0 Å². The van der Waals surface area contributed by atoms with Crippen LogP contribution in [0.4, 0.5) is 18.9 Å². The summed E-state index contributed by atoms with van der Waals surface area (Å²) >= 11 is 5.91. The topological polar surface area (TPSA) is 21.3 Å². The summed E-state index contributed by atoms with van der Waals surface area (Å²) in [6.07, 6.45) is -0.463. The normalized spacial score (nSPS) is 22.3. The maximum Gasteiger partial charge on any atom is 0.416 e. The fourth-order valence-corrected chi connectivity index (χ4v) is 4.64. The van der Waals surface area contributed by atoms with Crippen LogP contribution in [-0.4, -0.2) is 20.5 Å². The van der Waals surface area contributed by atoms with E-state index in [0.29, 0.717) is 5.69 Å². The Balaban J connectivity index is 2.20. The SMILES string of the molecule is CC(C)(C)[Si](C)(C)O[C@@H]1CCCC[C@H]1Nc1cc(Cl)cc(C(F)(F)F)c1. The zero-order valence-electron chi connectivity index (χ0n) is 16.1. The molecule has 0 aliphatic heterocycles. The second kappa shape index (κ2) is 7.72. The summed E-state index contributed by atoms with van der Waals surface area (Å²) in [6.45, 7) is 11.0. The van der Waals surface area contributed by atoms with Crippen molar-refractivity contribution >= 4 is 25.6 Å². The van der Waals surface area contributed by atoms with Crippen molar-refractivity contribution < 1.29 is 17.6 Å². The van der Waals surface area contributed by atoms with Gasteiger partial charge in [0.2, 0.25) is 0 Å². The molecule has 2 nitrogen and oxygen atoms in total. The lowest BCUT2D eigenvalue weighted by Gasteiger charge is -2.43. The third-order valence-electron chi connectivity index (χ3n) is 5.53. The van der Waals surface area contributed by atoms with Crippen molar-refractivity contribution in [1.82, 2.24) is 0 Å². The van der Waals surface area contributed by atoms with Crippen molar-refractivity contribution in [3.8, 4) is 0 Å². The van der Waals surface area contributed by atoms with E-state index in [1.807, 2.05) is 0 Å². The van der Waals surface area contributed by atoms with Gasteiger partial charge in [-0.05, 0) is 49.2 Å². The quantitative estimate of drug-likeness (QED) is 0.537. The molecule has 1 N–H and O–H groups in total. The van der Waals surface area contributed by atoms with Gasteiger partial charge in [0.25, 0.3) is 0 Å². The molecule has 0 radical (unpaired) electrons. The first-order valence-corrected chi connectivity index (χ1v) is 12.4. The molecule has 1 aliphatic rings. The molecule has 2 atom stereocenters. The number of alkyl halides is 3. The van der Waals surface area contributed by atoms with Crippen molar-refractivity contribution in [2.24, 2.45) is 0 Å². The van der Waals surface area contributed by atoms with Crippen molar-refractivity contribution in [3.05, 3.63) is 28.8 Å². The molecule has 0 heterocycles. The molecule has 0 saturated heterocycles. The molecule has 1 fully saturated rings. The predicted octanol–water partition coefficient (Wildman–Crippen LogP) is 7.10. The minimum atomic E-state index is -4.41. The van der Waals surface area contributed by atoms with Gasteiger partial charge in [-0.25, -0.2) is 0 Å². The molecule has 1 aliphatic carbocycles. The summed E-state index contributed by atoms with van der Waals surface area (Å²) in [6, 6.07) is 3.63. The number of hydrogen-bond donors (Lipinski definition) is 1. The number of anilines is 1. The molecule has 0 unspecified atom stereocenters. The average Bonchev–Trinajstić information content (AvgIpc) is 2.46. The Morgan fingerprint density at radius 2 is 1.69 bits per heavy atom. The highest BCUT2D eigenvalue weighted by molar-refractivity contribution is 6.74. The zero-order chi connectivity index (χ0) is 19.8. The molecule has 7 heteroatoms. The molecular weight excluding hydrogens is 379 g/mol. The van der Waals surface area contributed by atoms with Gasteiger partial charge in [-0.3, -0.25) is 0 Å². The Bertz CT molecular complexity index is 628. The lowest BCUT2D eigenvalue weighted by molar-refractivity contribution is -0.137. The van der Waals surface area contributed by atoms with Gasteiger partial charge in [0.05, 0.1) is 17.7 Å². The monoisotopic (exact) mass is 407 g/mol. The Morgan fingerprint density at radius 3 is 2.27 bits per heavy atom. The molecule has 1 aromatic rings. The lowest BCUT2D eigenvalue weighted by atomic mass is 9.92. The van der Waals surface area contributed by atoms with Crippen molar-refractivity contribution in [3.63, 3.8) is 0 Å². The van der Waals surface area contributed by atoms with Crippen LogP contribution in [0.2, 0.25) is 23.2 Å². The fourth-order valence-electron chi connectivity index (χ4n) is 3.01. The van der Waals surface area contributed by atoms with Gasteiger partial charge in [0.15, 0.2) is 8.32 Å². The van der Waals surface area contributed by atoms with Gasteiger partial charge in [0, 0.05) is 10.7 Å². The van der Waals surface area contributed by atoms with Gasteiger partial charge in [-0.1, -0.05) is 45.2 Å². The first-order valence-electron chi connectivity index (χ1n) is 9.12. The van der Waals surface area contributed by atoms with E-state index in [-0.39, 0.29) is 22.2 Å². The summed E-state index contributed by atoms with van der Waals surface area (Å²) in [5.41, 5.74) is -0.328. The Morgan fingerprint density at radius 1 is 1.08 bits per heavy atom. The largest absolute Gasteiger partial charge is 0.416 e. The van der Waals surface area contributed by atoms with E-state index in [9.17, 15) is 13.2 Å². The van der Waals surface area contributed by atoms with Gasteiger partial charge in [-0.2, -0.15) is 13.2 Å². The van der Waals surface area contributed by atoms with Crippen LogP contribution in [0.15, 0.2) is 18.2 Å². The summed E-state index contributed by atoms with van der Waals surface area (Å²) in [4.78, 5) is 0. The minimum Gasteiger partial charge on any atom is -0.412 e. The first kappa shape index (κ1) is 21.6. The molecule has 2 rings (SSSR count). The maximum absolute atomic E-state index is 13.1. The van der Waals surface area contributed by atoms with Gasteiger partial charge < -0.3 is 9.74 Å². The summed E-state index contributed by atoms with van der Waals surface area (Å²) < 4.78 is 45.7. The van der Waals surface area contributed by atoms with Crippen molar-refractivity contribution in [1.29, 1.82) is 0 Å². The number of nitrogens with one attached hydrogen (secondary N) is 1. The molecule has 26 heavy (non-hydrogen) atoms. The number of hydrogen-bond acceptors (Lipinski definition) is 2. The second-order valence-electron chi connectivity index (χ2n) is 8.68. The van der Waals surface area contributed by atoms with Crippen LogP contribution >= 0.6 is 11.6 Å². The molecule has 0 amide bonds. The molecule has 0 spiro atoms. The highest BCUT2D eigenvalue weighted by Gasteiger charge is 2.41. The third-order valence-corrected chi connectivity index (χ3v) is 10.3. The van der Waals surface area contributed by atoms with Gasteiger partial charge in [0.1, 0.15) is 0 Å². The van der Waals surface area contributed by atoms with Crippen molar-refractivity contribution in [2.75, 3.05) is 5.32 Å². The summed E-state index contributed by atoms with van der Waals surface area (Å²) in [5.74, 6) is 0. The van der Waals surface area contributed by atoms with Gasteiger partial charge >= 0.3 is 6.18 Å². The number of rotatable bonds is 4. The van der Waals surface area contributed by atoms with E-state index < -0.39 is 20.1 Å². The first-order chi connectivity index (χ1) is 11.8. The molecular formula is C19H29ClF3NOSi. The van der Waals surface area contributed by atoms with Crippen LogP contribution in [0, 0.1) is 0 Å². The molecule has 0 aromatic heterocycles. The highest BCUT2D eigenvalue weighted by Crippen LogP contribution is 2.40. The van der Waals surface area contributed by atoms with Crippen LogP contribution in [-0.2, 0) is 10.6 Å². The molecule has 0 bridgehead atoms. The van der Waals surface area contributed by atoms with Gasteiger partial charge in [-0.15, -0.1) is 0 Å². The van der Waals surface area contributed by atoms with Crippen molar-refractivity contribution in [2.45, 2.75) is 82.9 Å². The van der Waals surface area contributed by atoms with Crippen LogP contribution in [0.5, 0.6) is 0 Å². The molecule has 148 valence electrons. The summed E-state index contributed by atoms with van der Waals surface area (Å²) in [5, 5.41) is 3.45. The van der Waals surface area contributed by atoms with E-state index in [1.54, 1.807) is 6.07 Å². The van der Waals surface area contributed by atoms with E-state index in [2.05, 4.69) is 39.2 Å². The number of benzene rings is 1. The highest BCUT2D eigenvalue weighted by atomic mass is 35.5. The minimum absolute atomic E-state index is 0.00238. The second-order valence-corrected chi connectivity index (χ2v) is 13.9. The van der Waals surface area contributed by atoms with Crippen LogP contribution in [0.25, 0.3) is 0 Å². The smallest absolute Gasteiger partial charge is 0.412 e. The van der Waals surface area contributed by atoms with Crippen LogP contribution < -0.4 is 5.32 Å². The standard InChI is InChI=1S/C19H29ClF3NOSi/c1-18(2,3)26(4,5)25-17-9-7-6-8-16(17)24-15-11-13(19(21,22)23)10-14(20)12-15/h10-12,16-17,24H,6-9H2,1-5H3/t16-,17-/m1/s1. The lowest BCUT2D eigenvalue weighted by Crippen LogP contribution is -2.49. The van der Waals surface area contributed by atoms with Crippen LogP contribution in [0.1, 0.15) is 52.0 Å². The van der Waals surface area contributed by atoms with E-state index in [1.165, 1.54) is 0 Å². The Kier molecular flexibility index (Phi) is 6.41. The van der Waals surface area contributed by atoms with E-state index in [0.717, 1.165) is 37.8 Å². The maximum atomic E-state index is 13.1.